The Labute approximate surface area is 165 Å². The molecule has 0 aromatic heterocycles. The topological polar surface area (TPSA) is 75.3 Å². The lowest BCUT2D eigenvalue weighted by Crippen LogP contribution is -2.27. The van der Waals surface area contributed by atoms with Crippen LogP contribution in [-0.4, -0.2) is 33.2 Å². The zero-order chi connectivity index (χ0) is 19.7. The standard InChI is InChI=1S/C20H24N2O3S2/c1-3-11-22-27(24,25)19-6-4-5-18(14-19)20(23)21-12-13-26-15-17-9-7-16(2)8-10-17/h3-10,14,22H,1,11-13,15H2,2H3,(H,21,23). The van der Waals surface area contributed by atoms with E-state index in [0.717, 1.165) is 11.5 Å². The summed E-state index contributed by atoms with van der Waals surface area (Å²) >= 11 is 1.74. The minimum Gasteiger partial charge on any atom is -0.351 e. The average Bonchev–Trinajstić information content (AvgIpc) is 2.67. The second-order valence-corrected chi connectivity index (χ2v) is 8.83. The number of sulfonamides is 1. The van der Waals surface area contributed by atoms with Gasteiger partial charge in [0.2, 0.25) is 10.0 Å². The van der Waals surface area contributed by atoms with E-state index in [2.05, 4.69) is 47.8 Å². The Bertz CT molecular complexity index is 878. The Morgan fingerprint density at radius 3 is 2.63 bits per heavy atom. The third kappa shape index (κ3) is 6.86. The minimum atomic E-state index is -3.65. The van der Waals surface area contributed by atoms with Crippen molar-refractivity contribution in [1.82, 2.24) is 10.0 Å². The molecule has 144 valence electrons. The minimum absolute atomic E-state index is 0.0609. The molecular weight excluding hydrogens is 380 g/mol. The molecule has 0 aliphatic carbocycles. The fourth-order valence-electron chi connectivity index (χ4n) is 2.27. The Kier molecular flexibility index (Phi) is 8.09. The zero-order valence-corrected chi connectivity index (χ0v) is 16.9. The molecule has 0 aliphatic rings. The smallest absolute Gasteiger partial charge is 0.251 e. The van der Waals surface area contributed by atoms with Gasteiger partial charge in [0, 0.05) is 30.2 Å². The van der Waals surface area contributed by atoms with Crippen LogP contribution in [0.1, 0.15) is 21.5 Å². The number of carbonyl (C=O) groups excluding carboxylic acids is 1. The first-order valence-electron chi connectivity index (χ1n) is 8.54. The van der Waals surface area contributed by atoms with E-state index in [4.69, 9.17) is 0 Å². The van der Waals surface area contributed by atoms with Gasteiger partial charge < -0.3 is 5.32 Å². The van der Waals surface area contributed by atoms with E-state index in [1.807, 2.05) is 0 Å². The molecule has 5 nitrogen and oxygen atoms in total. The summed E-state index contributed by atoms with van der Waals surface area (Å²) in [6, 6.07) is 14.4. The Hall–Kier alpha value is -2.09. The van der Waals surface area contributed by atoms with Crippen molar-refractivity contribution in [3.05, 3.63) is 77.9 Å². The number of hydrogen-bond donors (Lipinski definition) is 2. The first-order chi connectivity index (χ1) is 12.9. The maximum Gasteiger partial charge on any atom is 0.251 e. The highest BCUT2D eigenvalue weighted by Crippen LogP contribution is 2.13. The SMILES string of the molecule is C=CCNS(=O)(=O)c1cccc(C(=O)NCCSCc2ccc(C)cc2)c1. The number of nitrogens with one attached hydrogen (secondary N) is 2. The van der Waals surface area contributed by atoms with E-state index < -0.39 is 10.0 Å². The van der Waals surface area contributed by atoms with Gasteiger partial charge in [-0.3, -0.25) is 4.79 Å². The van der Waals surface area contributed by atoms with Gasteiger partial charge in [-0.15, -0.1) is 6.58 Å². The van der Waals surface area contributed by atoms with Crippen LogP contribution in [0.4, 0.5) is 0 Å². The third-order valence-corrected chi connectivity index (χ3v) is 6.20. The Morgan fingerprint density at radius 2 is 1.93 bits per heavy atom. The average molecular weight is 405 g/mol. The van der Waals surface area contributed by atoms with Crippen molar-refractivity contribution in [2.45, 2.75) is 17.6 Å². The Morgan fingerprint density at radius 1 is 1.19 bits per heavy atom. The molecule has 2 aromatic rings. The summed E-state index contributed by atoms with van der Waals surface area (Å²) in [6.45, 7) is 6.19. The monoisotopic (exact) mass is 404 g/mol. The van der Waals surface area contributed by atoms with Crippen LogP contribution in [0.2, 0.25) is 0 Å². The van der Waals surface area contributed by atoms with Crippen LogP contribution in [0, 0.1) is 6.92 Å². The molecule has 1 amide bonds. The lowest BCUT2D eigenvalue weighted by Gasteiger charge is -2.08. The van der Waals surface area contributed by atoms with Gasteiger partial charge in [0.25, 0.3) is 5.91 Å². The lowest BCUT2D eigenvalue weighted by atomic mass is 10.2. The molecule has 0 aliphatic heterocycles. The molecule has 2 aromatic carbocycles. The van der Waals surface area contributed by atoms with Gasteiger partial charge in [-0.25, -0.2) is 13.1 Å². The molecule has 0 bridgehead atoms. The second-order valence-electron chi connectivity index (χ2n) is 5.96. The molecule has 0 saturated carbocycles. The van der Waals surface area contributed by atoms with Gasteiger partial charge in [0.15, 0.2) is 0 Å². The van der Waals surface area contributed by atoms with Crippen molar-refractivity contribution in [2.24, 2.45) is 0 Å². The fraction of sp³-hybridized carbons (Fsp3) is 0.250. The number of benzene rings is 2. The van der Waals surface area contributed by atoms with E-state index in [9.17, 15) is 13.2 Å². The van der Waals surface area contributed by atoms with E-state index in [-0.39, 0.29) is 17.3 Å². The maximum atomic E-state index is 12.3. The zero-order valence-electron chi connectivity index (χ0n) is 15.3. The van der Waals surface area contributed by atoms with Crippen LogP contribution in [-0.2, 0) is 15.8 Å². The molecule has 0 spiro atoms. The third-order valence-electron chi connectivity index (χ3n) is 3.75. The van der Waals surface area contributed by atoms with Gasteiger partial charge in [-0.1, -0.05) is 42.0 Å². The molecule has 27 heavy (non-hydrogen) atoms. The molecule has 0 saturated heterocycles. The molecule has 0 fully saturated rings. The summed E-state index contributed by atoms with van der Waals surface area (Å²) in [5, 5.41) is 2.83. The highest BCUT2D eigenvalue weighted by molar-refractivity contribution is 7.98. The first kappa shape index (κ1) is 21.2. The summed E-state index contributed by atoms with van der Waals surface area (Å²) in [6.07, 6.45) is 1.46. The van der Waals surface area contributed by atoms with Crippen molar-refractivity contribution in [2.75, 3.05) is 18.8 Å². The van der Waals surface area contributed by atoms with Crippen LogP contribution in [0.5, 0.6) is 0 Å². The Balaban J connectivity index is 1.82. The molecular formula is C20H24N2O3S2. The van der Waals surface area contributed by atoms with Crippen molar-refractivity contribution < 1.29 is 13.2 Å². The molecule has 7 heteroatoms. The van der Waals surface area contributed by atoms with Gasteiger partial charge in [0.05, 0.1) is 4.90 Å². The lowest BCUT2D eigenvalue weighted by molar-refractivity contribution is 0.0956. The number of carbonyl (C=O) groups is 1. The number of aryl methyl sites for hydroxylation is 1. The van der Waals surface area contributed by atoms with Crippen LogP contribution in [0.25, 0.3) is 0 Å². The summed E-state index contributed by atoms with van der Waals surface area (Å²) in [5.41, 5.74) is 2.81. The molecule has 0 radical (unpaired) electrons. The number of thioether (sulfide) groups is 1. The number of amides is 1. The molecule has 0 atom stereocenters. The highest BCUT2D eigenvalue weighted by Gasteiger charge is 2.15. The van der Waals surface area contributed by atoms with Crippen molar-refractivity contribution in [3.63, 3.8) is 0 Å². The summed E-state index contributed by atoms with van der Waals surface area (Å²) in [7, 11) is -3.65. The van der Waals surface area contributed by atoms with E-state index in [1.165, 1.54) is 29.3 Å². The summed E-state index contributed by atoms with van der Waals surface area (Å²) in [5.74, 6) is 1.38. The normalized spacial score (nSPS) is 11.1. The fourth-order valence-corrected chi connectivity index (χ4v) is 4.13. The summed E-state index contributed by atoms with van der Waals surface area (Å²) in [4.78, 5) is 12.3. The first-order valence-corrected chi connectivity index (χ1v) is 11.2. The van der Waals surface area contributed by atoms with Crippen molar-refractivity contribution >= 4 is 27.7 Å². The number of rotatable bonds is 10. The van der Waals surface area contributed by atoms with Crippen LogP contribution < -0.4 is 10.0 Å². The van der Waals surface area contributed by atoms with Crippen LogP contribution in [0.15, 0.2) is 66.1 Å². The van der Waals surface area contributed by atoms with Gasteiger partial charge in [-0.05, 0) is 30.7 Å². The van der Waals surface area contributed by atoms with Crippen LogP contribution >= 0.6 is 11.8 Å². The van der Waals surface area contributed by atoms with Crippen molar-refractivity contribution in [1.29, 1.82) is 0 Å². The molecule has 0 unspecified atom stereocenters. The van der Waals surface area contributed by atoms with E-state index in [0.29, 0.717) is 12.1 Å². The largest absolute Gasteiger partial charge is 0.351 e. The van der Waals surface area contributed by atoms with Crippen molar-refractivity contribution in [3.8, 4) is 0 Å². The second kappa shape index (κ2) is 10.3. The molecule has 2 rings (SSSR count). The molecule has 0 heterocycles. The highest BCUT2D eigenvalue weighted by atomic mass is 32.2. The van der Waals surface area contributed by atoms with E-state index >= 15 is 0 Å². The summed E-state index contributed by atoms with van der Waals surface area (Å²) < 4.78 is 26.6. The molecule has 2 N–H and O–H groups in total. The van der Waals surface area contributed by atoms with Gasteiger partial charge in [0.1, 0.15) is 0 Å². The van der Waals surface area contributed by atoms with E-state index in [1.54, 1.807) is 23.9 Å². The quantitative estimate of drug-likeness (QED) is 0.471. The predicted octanol–water partition coefficient (Wildman–Crippen LogP) is 3.12. The maximum absolute atomic E-state index is 12.3. The van der Waals surface area contributed by atoms with Crippen LogP contribution in [0.3, 0.4) is 0 Å². The van der Waals surface area contributed by atoms with Gasteiger partial charge >= 0.3 is 0 Å². The van der Waals surface area contributed by atoms with Gasteiger partial charge in [-0.2, -0.15) is 11.8 Å². The number of hydrogen-bond acceptors (Lipinski definition) is 4. The predicted molar refractivity (Wildman–Crippen MR) is 112 cm³/mol.